The summed E-state index contributed by atoms with van der Waals surface area (Å²) < 4.78 is 4.12. The Bertz CT molecular complexity index is 349. The van der Waals surface area contributed by atoms with Crippen LogP contribution in [0.15, 0.2) is 4.52 Å². The van der Waals surface area contributed by atoms with Crippen LogP contribution in [0.1, 0.15) is 32.5 Å². The number of thioether (sulfide) groups is 1. The molecular formula is C9H14N2O3S. The molecule has 0 aromatic carbocycles. The molecule has 0 amide bonds. The number of nitrogens with zero attached hydrogens (tertiary/aromatic N) is 2. The van der Waals surface area contributed by atoms with Crippen LogP contribution in [0.3, 0.4) is 0 Å². The van der Waals surface area contributed by atoms with E-state index in [4.69, 9.17) is 9.63 Å². The van der Waals surface area contributed by atoms with Crippen molar-refractivity contribution in [1.82, 2.24) is 10.1 Å². The second-order valence-corrected chi connectivity index (χ2v) is 5.16. The molecule has 0 fully saturated rings. The summed E-state index contributed by atoms with van der Waals surface area (Å²) in [6.45, 7) is 5.23. The van der Waals surface area contributed by atoms with E-state index in [9.17, 15) is 4.79 Å². The molecule has 0 unspecified atom stereocenters. The van der Waals surface area contributed by atoms with Crippen molar-refractivity contribution in [3.63, 3.8) is 0 Å². The summed E-state index contributed by atoms with van der Waals surface area (Å²) in [5, 5.41) is 12.6. The average Bonchev–Trinajstić information content (AvgIpc) is 2.62. The first-order valence-electron chi connectivity index (χ1n) is 4.64. The fourth-order valence-electron chi connectivity index (χ4n) is 0.796. The van der Waals surface area contributed by atoms with Gasteiger partial charge in [0.25, 0.3) is 0 Å². The van der Waals surface area contributed by atoms with E-state index in [1.807, 2.05) is 6.92 Å². The largest absolute Gasteiger partial charge is 0.480 e. The molecule has 0 spiro atoms. The smallest absolute Gasteiger partial charge is 0.319 e. The Labute approximate surface area is 92.2 Å². The van der Waals surface area contributed by atoms with Crippen molar-refractivity contribution in [3.8, 4) is 0 Å². The molecule has 84 valence electrons. The number of carbonyl (C=O) groups is 1. The predicted molar refractivity (Wildman–Crippen MR) is 56.7 cm³/mol. The Morgan fingerprint density at radius 3 is 2.73 bits per heavy atom. The number of carboxylic acids is 1. The Morgan fingerprint density at radius 1 is 1.60 bits per heavy atom. The van der Waals surface area contributed by atoms with Crippen LogP contribution in [0, 0.1) is 0 Å². The van der Waals surface area contributed by atoms with Gasteiger partial charge in [0.2, 0.25) is 5.89 Å². The van der Waals surface area contributed by atoms with Gasteiger partial charge < -0.3 is 9.63 Å². The van der Waals surface area contributed by atoms with Crippen molar-refractivity contribution in [1.29, 1.82) is 0 Å². The lowest BCUT2D eigenvalue weighted by Gasteiger charge is -2.16. The first kappa shape index (κ1) is 12.0. The van der Waals surface area contributed by atoms with Crippen molar-refractivity contribution < 1.29 is 14.4 Å². The molecule has 1 N–H and O–H groups in total. The molecule has 0 radical (unpaired) electrons. The van der Waals surface area contributed by atoms with E-state index in [2.05, 4.69) is 10.1 Å². The number of aliphatic carboxylic acids is 1. The minimum Gasteiger partial charge on any atom is -0.480 e. The van der Waals surface area contributed by atoms with Crippen LogP contribution in [0.4, 0.5) is 0 Å². The van der Waals surface area contributed by atoms with E-state index in [0.29, 0.717) is 17.5 Å². The Hall–Kier alpha value is -1.04. The van der Waals surface area contributed by atoms with Gasteiger partial charge in [0.15, 0.2) is 5.82 Å². The third-order valence-corrected chi connectivity index (χ3v) is 3.19. The number of aryl methyl sites for hydroxylation is 1. The van der Waals surface area contributed by atoms with Crippen molar-refractivity contribution in [3.05, 3.63) is 11.7 Å². The maximum atomic E-state index is 10.8. The van der Waals surface area contributed by atoms with Crippen LogP contribution in [0.25, 0.3) is 0 Å². The van der Waals surface area contributed by atoms with Crippen LogP contribution in [0.2, 0.25) is 0 Å². The summed E-state index contributed by atoms with van der Waals surface area (Å²) in [7, 11) is 0. The van der Waals surface area contributed by atoms with E-state index >= 15 is 0 Å². The Balaban J connectivity index is 2.53. The number of aromatic nitrogens is 2. The molecule has 0 aliphatic heterocycles. The normalized spacial score (nSPS) is 11.7. The summed E-state index contributed by atoms with van der Waals surface area (Å²) >= 11 is 1.27. The molecule has 6 heteroatoms. The first-order valence-corrected chi connectivity index (χ1v) is 5.63. The predicted octanol–water partition coefficient (Wildman–Crippen LogP) is 1.73. The quantitative estimate of drug-likeness (QED) is 0.830. The zero-order valence-corrected chi connectivity index (χ0v) is 9.80. The second-order valence-electron chi connectivity index (χ2n) is 3.56. The van der Waals surface area contributed by atoms with Crippen LogP contribution < -0.4 is 0 Å². The number of hydrogen-bond donors (Lipinski definition) is 1. The topological polar surface area (TPSA) is 76.2 Å². The molecule has 1 aromatic rings. The third kappa shape index (κ3) is 3.23. The summed E-state index contributed by atoms with van der Waals surface area (Å²) in [4.78, 5) is 14.9. The highest BCUT2D eigenvalue weighted by Crippen LogP contribution is 2.27. The first-order chi connectivity index (χ1) is 6.95. The minimum atomic E-state index is -0.845. The molecular weight excluding hydrogens is 216 g/mol. The summed E-state index contributed by atoms with van der Waals surface area (Å²) in [6, 6.07) is 0. The van der Waals surface area contributed by atoms with Gasteiger partial charge in [-0.2, -0.15) is 4.98 Å². The van der Waals surface area contributed by atoms with E-state index in [1.54, 1.807) is 13.8 Å². The van der Waals surface area contributed by atoms with Gasteiger partial charge >= 0.3 is 5.97 Å². The maximum absolute atomic E-state index is 10.8. The molecule has 0 bridgehead atoms. The second kappa shape index (κ2) is 4.65. The summed E-state index contributed by atoms with van der Waals surface area (Å²) in [6.07, 6.45) is 0.719. The molecule has 1 heterocycles. The molecule has 0 saturated carbocycles. The van der Waals surface area contributed by atoms with E-state index in [1.165, 1.54) is 11.8 Å². The SMILES string of the molecule is CCc1noc(CSC(C)(C)C(=O)O)n1. The van der Waals surface area contributed by atoms with E-state index in [-0.39, 0.29) is 0 Å². The van der Waals surface area contributed by atoms with Crippen molar-refractivity contribution in [2.45, 2.75) is 37.7 Å². The fraction of sp³-hybridized carbons (Fsp3) is 0.667. The van der Waals surface area contributed by atoms with Gasteiger partial charge in [-0.25, -0.2) is 0 Å². The molecule has 15 heavy (non-hydrogen) atoms. The lowest BCUT2D eigenvalue weighted by atomic mass is 10.2. The van der Waals surface area contributed by atoms with E-state index in [0.717, 1.165) is 6.42 Å². The molecule has 5 nitrogen and oxygen atoms in total. The average molecular weight is 230 g/mol. The van der Waals surface area contributed by atoms with Gasteiger partial charge in [-0.3, -0.25) is 4.79 Å². The van der Waals surface area contributed by atoms with Gasteiger partial charge in [0, 0.05) is 6.42 Å². The van der Waals surface area contributed by atoms with Crippen LogP contribution >= 0.6 is 11.8 Å². The van der Waals surface area contributed by atoms with Gasteiger partial charge in [-0.1, -0.05) is 12.1 Å². The number of rotatable bonds is 5. The van der Waals surface area contributed by atoms with Gasteiger partial charge in [0.1, 0.15) is 4.75 Å². The highest BCUT2D eigenvalue weighted by atomic mass is 32.2. The van der Waals surface area contributed by atoms with Crippen LogP contribution in [0.5, 0.6) is 0 Å². The zero-order chi connectivity index (χ0) is 11.5. The van der Waals surface area contributed by atoms with Crippen LogP contribution in [-0.2, 0) is 17.0 Å². The van der Waals surface area contributed by atoms with Crippen molar-refractivity contribution >= 4 is 17.7 Å². The summed E-state index contributed by atoms with van der Waals surface area (Å²) in [5.41, 5.74) is 0. The standard InChI is InChI=1S/C9H14N2O3S/c1-4-6-10-7(14-11-6)5-15-9(2,3)8(12)13/h4-5H2,1-3H3,(H,12,13). The summed E-state index contributed by atoms with van der Waals surface area (Å²) in [5.74, 6) is 0.708. The third-order valence-electron chi connectivity index (χ3n) is 1.90. The molecule has 1 rings (SSSR count). The molecule has 0 atom stereocenters. The van der Waals surface area contributed by atoms with E-state index < -0.39 is 10.7 Å². The van der Waals surface area contributed by atoms with Gasteiger partial charge in [0.05, 0.1) is 5.75 Å². The lowest BCUT2D eigenvalue weighted by molar-refractivity contribution is -0.138. The number of carboxylic acid groups (broad SMARTS) is 1. The zero-order valence-electron chi connectivity index (χ0n) is 8.98. The molecule has 0 saturated heterocycles. The molecule has 0 aliphatic rings. The highest BCUT2D eigenvalue weighted by Gasteiger charge is 2.28. The fourth-order valence-corrected chi connectivity index (χ4v) is 1.52. The molecule has 0 aliphatic carbocycles. The maximum Gasteiger partial charge on any atom is 0.319 e. The monoisotopic (exact) mass is 230 g/mol. The van der Waals surface area contributed by atoms with Crippen LogP contribution in [-0.4, -0.2) is 26.0 Å². The van der Waals surface area contributed by atoms with Gasteiger partial charge in [-0.05, 0) is 13.8 Å². The lowest BCUT2D eigenvalue weighted by Crippen LogP contribution is -2.27. The minimum absolute atomic E-state index is 0.423. The highest BCUT2D eigenvalue weighted by molar-refractivity contribution is 8.00. The Kier molecular flexibility index (Phi) is 3.73. The van der Waals surface area contributed by atoms with Crippen molar-refractivity contribution in [2.24, 2.45) is 0 Å². The molecule has 1 aromatic heterocycles. The Morgan fingerprint density at radius 2 is 2.27 bits per heavy atom. The van der Waals surface area contributed by atoms with Gasteiger partial charge in [-0.15, -0.1) is 11.8 Å². The van der Waals surface area contributed by atoms with Crippen molar-refractivity contribution in [2.75, 3.05) is 0 Å². The number of hydrogen-bond acceptors (Lipinski definition) is 5.